The van der Waals surface area contributed by atoms with Crippen molar-refractivity contribution in [1.82, 2.24) is 20.1 Å². The van der Waals surface area contributed by atoms with Gasteiger partial charge in [-0.15, -0.1) is 0 Å². The fourth-order valence-corrected chi connectivity index (χ4v) is 3.43. The maximum absolute atomic E-state index is 12.8. The molecule has 1 aromatic carbocycles. The summed E-state index contributed by atoms with van der Waals surface area (Å²) in [6.07, 6.45) is 0. The smallest absolute Gasteiger partial charge is 0.339 e. The molecule has 1 N–H and O–H groups in total. The summed E-state index contributed by atoms with van der Waals surface area (Å²) in [5, 5.41) is 2.93. The summed E-state index contributed by atoms with van der Waals surface area (Å²) in [6, 6.07) is 12.9. The molecule has 0 aliphatic carbocycles. The average Bonchev–Trinajstić information content (AvgIpc) is 2.78. The van der Waals surface area contributed by atoms with Gasteiger partial charge in [0.05, 0.1) is 24.4 Å². The number of aryl methyl sites for hydroxylation is 1. The number of ether oxygens (including phenoxy) is 1. The van der Waals surface area contributed by atoms with Gasteiger partial charge in [0.2, 0.25) is 5.91 Å². The molecule has 0 unspecified atom stereocenters. The standard InChI is InChI=1S/C23H28N4O4/c1-3-31-23(30)19-9-10-20(25-17(19)2)22(29)27-13-11-26(12-14-27)16-21(28)24-15-18-7-5-4-6-8-18/h4-10H,3,11-16H2,1-2H3,(H,24,28). The molecule has 2 heterocycles. The SMILES string of the molecule is CCOC(=O)c1ccc(C(=O)N2CCN(CC(=O)NCc3ccccc3)CC2)nc1C. The van der Waals surface area contributed by atoms with Crippen LogP contribution in [-0.4, -0.2) is 71.9 Å². The maximum Gasteiger partial charge on any atom is 0.339 e. The Morgan fingerprint density at radius 1 is 1.03 bits per heavy atom. The molecule has 1 aliphatic rings. The van der Waals surface area contributed by atoms with E-state index in [-0.39, 0.29) is 18.4 Å². The molecule has 8 heteroatoms. The number of piperazine rings is 1. The zero-order valence-corrected chi connectivity index (χ0v) is 18.0. The van der Waals surface area contributed by atoms with Crippen LogP contribution in [0.3, 0.4) is 0 Å². The van der Waals surface area contributed by atoms with Gasteiger partial charge in [-0.3, -0.25) is 14.5 Å². The van der Waals surface area contributed by atoms with Crippen molar-refractivity contribution in [2.75, 3.05) is 39.3 Å². The molecule has 1 saturated heterocycles. The zero-order valence-electron chi connectivity index (χ0n) is 18.0. The maximum atomic E-state index is 12.8. The van der Waals surface area contributed by atoms with Crippen molar-refractivity contribution < 1.29 is 19.1 Å². The lowest BCUT2D eigenvalue weighted by atomic mass is 10.1. The molecule has 0 radical (unpaired) electrons. The minimum atomic E-state index is -0.439. The molecule has 2 aromatic rings. The number of pyridine rings is 1. The van der Waals surface area contributed by atoms with Crippen LogP contribution in [0.25, 0.3) is 0 Å². The first-order valence-corrected chi connectivity index (χ1v) is 10.4. The molecule has 0 spiro atoms. The molecule has 2 amide bonds. The van der Waals surface area contributed by atoms with Crippen molar-refractivity contribution in [1.29, 1.82) is 0 Å². The van der Waals surface area contributed by atoms with Gasteiger partial charge in [0.15, 0.2) is 0 Å². The number of aromatic nitrogens is 1. The van der Waals surface area contributed by atoms with Gasteiger partial charge < -0.3 is 15.0 Å². The minimum Gasteiger partial charge on any atom is -0.462 e. The number of nitrogens with zero attached hydrogens (tertiary/aromatic N) is 3. The Morgan fingerprint density at radius 2 is 1.74 bits per heavy atom. The Hall–Kier alpha value is -3.26. The Kier molecular flexibility index (Phi) is 7.72. The van der Waals surface area contributed by atoms with Crippen LogP contribution >= 0.6 is 0 Å². The van der Waals surface area contributed by atoms with Gasteiger partial charge in [0.1, 0.15) is 5.69 Å². The molecule has 0 saturated carbocycles. The van der Waals surface area contributed by atoms with E-state index in [1.165, 1.54) is 0 Å². The van der Waals surface area contributed by atoms with Crippen molar-refractivity contribution in [3.05, 3.63) is 65.0 Å². The number of benzene rings is 1. The minimum absolute atomic E-state index is 0.0320. The number of rotatable bonds is 7. The Balaban J connectivity index is 1.47. The third kappa shape index (κ3) is 6.11. The van der Waals surface area contributed by atoms with Crippen molar-refractivity contribution in [2.24, 2.45) is 0 Å². The summed E-state index contributed by atoms with van der Waals surface area (Å²) in [4.78, 5) is 45.0. The topological polar surface area (TPSA) is 91.8 Å². The first-order valence-electron chi connectivity index (χ1n) is 10.4. The fourth-order valence-electron chi connectivity index (χ4n) is 3.43. The number of hydrogen-bond acceptors (Lipinski definition) is 6. The highest BCUT2D eigenvalue weighted by Gasteiger charge is 2.25. The van der Waals surface area contributed by atoms with Crippen LogP contribution in [0.1, 0.15) is 39.0 Å². The predicted octanol–water partition coefficient (Wildman–Crippen LogP) is 1.64. The number of carbonyl (C=O) groups is 3. The van der Waals surface area contributed by atoms with Gasteiger partial charge in [-0.1, -0.05) is 30.3 Å². The quantitative estimate of drug-likeness (QED) is 0.680. The van der Waals surface area contributed by atoms with Crippen molar-refractivity contribution in [3.8, 4) is 0 Å². The molecule has 3 rings (SSSR count). The Labute approximate surface area is 182 Å². The third-order valence-corrected chi connectivity index (χ3v) is 5.16. The van der Waals surface area contributed by atoms with Gasteiger partial charge in [-0.25, -0.2) is 9.78 Å². The van der Waals surface area contributed by atoms with Gasteiger partial charge in [-0.05, 0) is 31.5 Å². The van der Waals surface area contributed by atoms with Crippen LogP contribution in [0.2, 0.25) is 0 Å². The first-order chi connectivity index (χ1) is 15.0. The van der Waals surface area contributed by atoms with E-state index in [1.807, 2.05) is 35.2 Å². The molecule has 1 aromatic heterocycles. The molecule has 1 aliphatic heterocycles. The van der Waals surface area contributed by atoms with E-state index in [2.05, 4.69) is 10.3 Å². The molecule has 8 nitrogen and oxygen atoms in total. The molecule has 164 valence electrons. The van der Waals surface area contributed by atoms with Crippen molar-refractivity contribution in [3.63, 3.8) is 0 Å². The van der Waals surface area contributed by atoms with E-state index in [0.29, 0.717) is 56.2 Å². The van der Waals surface area contributed by atoms with Gasteiger partial charge in [0, 0.05) is 32.7 Å². The van der Waals surface area contributed by atoms with E-state index in [9.17, 15) is 14.4 Å². The molecular formula is C23H28N4O4. The van der Waals surface area contributed by atoms with Crippen LogP contribution < -0.4 is 5.32 Å². The van der Waals surface area contributed by atoms with E-state index in [1.54, 1.807) is 30.9 Å². The molecular weight excluding hydrogens is 396 g/mol. The summed E-state index contributed by atoms with van der Waals surface area (Å²) >= 11 is 0. The van der Waals surface area contributed by atoms with E-state index in [0.717, 1.165) is 5.56 Å². The number of amides is 2. The molecule has 1 fully saturated rings. The lowest BCUT2D eigenvalue weighted by Gasteiger charge is -2.34. The van der Waals surface area contributed by atoms with Crippen LogP contribution in [0, 0.1) is 6.92 Å². The second kappa shape index (κ2) is 10.7. The second-order valence-electron chi connectivity index (χ2n) is 7.38. The van der Waals surface area contributed by atoms with Crippen LogP contribution in [0.5, 0.6) is 0 Å². The lowest BCUT2D eigenvalue weighted by molar-refractivity contribution is -0.122. The highest BCUT2D eigenvalue weighted by molar-refractivity contribution is 5.95. The van der Waals surface area contributed by atoms with Gasteiger partial charge in [-0.2, -0.15) is 0 Å². The van der Waals surface area contributed by atoms with Crippen LogP contribution in [-0.2, 0) is 16.1 Å². The normalized spacial score (nSPS) is 14.2. The summed E-state index contributed by atoms with van der Waals surface area (Å²) in [7, 11) is 0. The van der Waals surface area contributed by atoms with Crippen LogP contribution in [0.15, 0.2) is 42.5 Å². The average molecular weight is 425 g/mol. The van der Waals surface area contributed by atoms with Gasteiger partial charge in [0.25, 0.3) is 5.91 Å². The molecule has 31 heavy (non-hydrogen) atoms. The third-order valence-electron chi connectivity index (χ3n) is 5.16. The number of nitrogens with one attached hydrogen (secondary N) is 1. The van der Waals surface area contributed by atoms with Crippen molar-refractivity contribution in [2.45, 2.75) is 20.4 Å². The Morgan fingerprint density at radius 3 is 2.39 bits per heavy atom. The van der Waals surface area contributed by atoms with E-state index < -0.39 is 5.97 Å². The second-order valence-corrected chi connectivity index (χ2v) is 7.38. The highest BCUT2D eigenvalue weighted by Crippen LogP contribution is 2.12. The predicted molar refractivity (Wildman–Crippen MR) is 116 cm³/mol. The number of carbonyl (C=O) groups excluding carboxylic acids is 3. The summed E-state index contributed by atoms with van der Waals surface area (Å²) < 4.78 is 5.00. The fraction of sp³-hybridized carbons (Fsp3) is 0.391. The highest BCUT2D eigenvalue weighted by atomic mass is 16.5. The molecule has 0 atom stereocenters. The lowest BCUT2D eigenvalue weighted by Crippen LogP contribution is -2.51. The van der Waals surface area contributed by atoms with Gasteiger partial charge >= 0.3 is 5.97 Å². The van der Waals surface area contributed by atoms with Crippen LogP contribution in [0.4, 0.5) is 0 Å². The zero-order chi connectivity index (χ0) is 22.2. The van der Waals surface area contributed by atoms with Crippen molar-refractivity contribution >= 4 is 17.8 Å². The van der Waals surface area contributed by atoms with E-state index in [4.69, 9.17) is 4.74 Å². The number of hydrogen-bond donors (Lipinski definition) is 1. The summed E-state index contributed by atoms with van der Waals surface area (Å²) in [6.45, 7) is 6.80. The molecule has 0 bridgehead atoms. The number of esters is 1. The van der Waals surface area contributed by atoms with E-state index >= 15 is 0 Å². The largest absolute Gasteiger partial charge is 0.462 e. The summed E-state index contributed by atoms with van der Waals surface area (Å²) in [5.74, 6) is -0.646. The monoisotopic (exact) mass is 424 g/mol. The summed E-state index contributed by atoms with van der Waals surface area (Å²) in [5.41, 5.74) is 2.20. The Bertz CT molecular complexity index is 924. The first kappa shape index (κ1) is 22.4.